The van der Waals surface area contributed by atoms with Gasteiger partial charge < -0.3 is 15.4 Å². The fourth-order valence-electron chi connectivity index (χ4n) is 2.35. The van der Waals surface area contributed by atoms with Crippen LogP contribution >= 0.6 is 24.0 Å². The number of ether oxygens (including phenoxy) is 1. The number of benzene rings is 2. The van der Waals surface area contributed by atoms with Crippen molar-refractivity contribution in [1.82, 2.24) is 10.6 Å². The van der Waals surface area contributed by atoms with Crippen molar-refractivity contribution < 1.29 is 9.13 Å². The summed E-state index contributed by atoms with van der Waals surface area (Å²) in [6.45, 7) is 6.25. The highest BCUT2D eigenvalue weighted by Crippen LogP contribution is 2.10. The highest BCUT2D eigenvalue weighted by Gasteiger charge is 2.02. The lowest BCUT2D eigenvalue weighted by Gasteiger charge is -2.12. The van der Waals surface area contributed by atoms with Crippen LogP contribution in [0.25, 0.3) is 0 Å². The molecule has 0 fully saturated rings. The van der Waals surface area contributed by atoms with E-state index >= 15 is 0 Å². The molecule has 0 aliphatic rings. The molecule has 0 bridgehead atoms. The van der Waals surface area contributed by atoms with Crippen LogP contribution in [0.5, 0.6) is 0 Å². The SMILES string of the molecule is CCNC(=NCc1ccc(C)c(F)c1)NCc1ccc(COC)cc1.I. The Balaban J connectivity index is 0.00000338. The van der Waals surface area contributed by atoms with E-state index in [1.54, 1.807) is 20.1 Å². The number of rotatable bonds is 7. The summed E-state index contributed by atoms with van der Waals surface area (Å²) < 4.78 is 18.7. The molecule has 0 radical (unpaired) electrons. The fourth-order valence-corrected chi connectivity index (χ4v) is 2.35. The van der Waals surface area contributed by atoms with Gasteiger partial charge in [-0.05, 0) is 42.2 Å². The summed E-state index contributed by atoms with van der Waals surface area (Å²) in [6, 6.07) is 13.5. The van der Waals surface area contributed by atoms with Crippen LogP contribution in [0.1, 0.15) is 29.2 Å². The molecule has 0 spiro atoms. The molecule has 0 saturated heterocycles. The molecule has 0 unspecified atom stereocenters. The Morgan fingerprint density at radius 2 is 1.69 bits per heavy atom. The van der Waals surface area contributed by atoms with E-state index in [0.717, 1.165) is 23.2 Å². The first-order valence-corrected chi connectivity index (χ1v) is 8.46. The predicted molar refractivity (Wildman–Crippen MR) is 115 cm³/mol. The molecule has 2 aromatic rings. The molecule has 0 saturated carbocycles. The van der Waals surface area contributed by atoms with Crippen LogP contribution < -0.4 is 10.6 Å². The van der Waals surface area contributed by atoms with Crippen molar-refractivity contribution >= 4 is 29.9 Å². The third-order valence-corrected chi connectivity index (χ3v) is 3.79. The van der Waals surface area contributed by atoms with Gasteiger partial charge >= 0.3 is 0 Å². The zero-order chi connectivity index (χ0) is 18.1. The van der Waals surface area contributed by atoms with Crippen molar-refractivity contribution in [2.45, 2.75) is 33.5 Å². The molecular formula is C20H27FIN3O. The number of hydrogen-bond acceptors (Lipinski definition) is 2. The number of hydrogen-bond donors (Lipinski definition) is 2. The van der Waals surface area contributed by atoms with E-state index in [-0.39, 0.29) is 29.8 Å². The lowest BCUT2D eigenvalue weighted by molar-refractivity contribution is 0.185. The maximum Gasteiger partial charge on any atom is 0.191 e. The highest BCUT2D eigenvalue weighted by atomic mass is 127. The first-order valence-electron chi connectivity index (χ1n) is 8.46. The molecule has 6 heteroatoms. The first kappa shape index (κ1) is 22.4. The van der Waals surface area contributed by atoms with E-state index in [2.05, 4.69) is 39.9 Å². The van der Waals surface area contributed by atoms with Gasteiger partial charge in [0.2, 0.25) is 0 Å². The quantitative estimate of drug-likeness (QED) is 0.362. The summed E-state index contributed by atoms with van der Waals surface area (Å²) in [5.41, 5.74) is 3.80. The summed E-state index contributed by atoms with van der Waals surface area (Å²) >= 11 is 0. The van der Waals surface area contributed by atoms with Gasteiger partial charge in [0.05, 0.1) is 13.2 Å². The fraction of sp³-hybridized carbons (Fsp3) is 0.350. The molecule has 2 aromatic carbocycles. The van der Waals surface area contributed by atoms with Gasteiger partial charge in [0, 0.05) is 20.2 Å². The summed E-state index contributed by atoms with van der Waals surface area (Å²) in [7, 11) is 1.69. The van der Waals surface area contributed by atoms with Crippen LogP contribution in [-0.2, 0) is 24.4 Å². The van der Waals surface area contributed by atoms with Crippen LogP contribution in [0.15, 0.2) is 47.5 Å². The monoisotopic (exact) mass is 471 g/mol. The molecule has 0 aliphatic heterocycles. The van der Waals surface area contributed by atoms with Crippen molar-refractivity contribution in [2.75, 3.05) is 13.7 Å². The molecule has 0 aliphatic carbocycles. The second-order valence-electron chi connectivity index (χ2n) is 5.88. The average molecular weight is 471 g/mol. The Bertz CT molecular complexity index is 705. The molecule has 0 amide bonds. The third kappa shape index (κ3) is 7.29. The standard InChI is InChI=1S/C20H26FN3O.HI/c1-4-22-20(24-13-18-6-5-15(2)19(21)11-18)23-12-16-7-9-17(10-8-16)14-25-3;/h5-11H,4,12-14H2,1-3H3,(H2,22,23,24);1H. The predicted octanol–water partition coefficient (Wildman–Crippen LogP) is 4.15. The van der Waals surface area contributed by atoms with Gasteiger partial charge in [-0.3, -0.25) is 0 Å². The van der Waals surface area contributed by atoms with Gasteiger partial charge in [-0.1, -0.05) is 36.4 Å². The normalized spacial score (nSPS) is 11.0. The molecule has 142 valence electrons. The van der Waals surface area contributed by atoms with Gasteiger partial charge in [-0.15, -0.1) is 24.0 Å². The zero-order valence-corrected chi connectivity index (χ0v) is 17.8. The van der Waals surface area contributed by atoms with Gasteiger partial charge in [-0.2, -0.15) is 0 Å². The molecule has 0 aromatic heterocycles. The van der Waals surface area contributed by atoms with E-state index < -0.39 is 0 Å². The lowest BCUT2D eigenvalue weighted by atomic mass is 10.1. The van der Waals surface area contributed by atoms with Gasteiger partial charge in [0.1, 0.15) is 5.82 Å². The van der Waals surface area contributed by atoms with E-state index in [9.17, 15) is 4.39 Å². The Labute approximate surface area is 172 Å². The number of nitrogens with zero attached hydrogens (tertiary/aromatic N) is 1. The Hall–Kier alpha value is -1.67. The molecule has 0 atom stereocenters. The summed E-state index contributed by atoms with van der Waals surface area (Å²) in [4.78, 5) is 4.52. The van der Waals surface area contributed by atoms with Gasteiger partial charge in [0.15, 0.2) is 5.96 Å². The topological polar surface area (TPSA) is 45.7 Å². The average Bonchev–Trinajstić information content (AvgIpc) is 2.62. The lowest BCUT2D eigenvalue weighted by Crippen LogP contribution is -2.36. The van der Waals surface area contributed by atoms with E-state index in [1.807, 2.05) is 13.0 Å². The minimum Gasteiger partial charge on any atom is -0.380 e. The second kappa shape index (κ2) is 11.9. The van der Waals surface area contributed by atoms with Gasteiger partial charge in [0.25, 0.3) is 0 Å². The first-order chi connectivity index (χ1) is 12.1. The Morgan fingerprint density at radius 1 is 1.04 bits per heavy atom. The number of halogens is 2. The minimum absolute atomic E-state index is 0. The van der Waals surface area contributed by atoms with Crippen LogP contribution in [0.2, 0.25) is 0 Å². The molecule has 26 heavy (non-hydrogen) atoms. The van der Waals surface area contributed by atoms with Gasteiger partial charge in [-0.25, -0.2) is 9.38 Å². The largest absolute Gasteiger partial charge is 0.380 e. The third-order valence-electron chi connectivity index (χ3n) is 3.79. The molecule has 2 N–H and O–H groups in total. The number of methoxy groups -OCH3 is 1. The molecule has 2 rings (SSSR count). The van der Waals surface area contributed by atoms with E-state index in [0.29, 0.717) is 31.2 Å². The maximum absolute atomic E-state index is 13.6. The highest BCUT2D eigenvalue weighted by molar-refractivity contribution is 14.0. The van der Waals surface area contributed by atoms with Crippen molar-refractivity contribution in [3.8, 4) is 0 Å². The zero-order valence-electron chi connectivity index (χ0n) is 15.5. The maximum atomic E-state index is 13.6. The summed E-state index contributed by atoms with van der Waals surface area (Å²) in [5, 5.41) is 6.50. The van der Waals surface area contributed by atoms with E-state index in [1.165, 1.54) is 6.07 Å². The van der Waals surface area contributed by atoms with Crippen molar-refractivity contribution in [3.63, 3.8) is 0 Å². The van der Waals surface area contributed by atoms with E-state index in [4.69, 9.17) is 4.74 Å². The summed E-state index contributed by atoms with van der Waals surface area (Å²) in [6.07, 6.45) is 0. The molecule has 4 nitrogen and oxygen atoms in total. The Kier molecular flexibility index (Phi) is 10.2. The van der Waals surface area contributed by atoms with Crippen molar-refractivity contribution in [2.24, 2.45) is 4.99 Å². The number of guanidine groups is 1. The number of aliphatic imine (C=N–C) groups is 1. The minimum atomic E-state index is -0.193. The number of aryl methyl sites for hydroxylation is 1. The Morgan fingerprint density at radius 3 is 2.31 bits per heavy atom. The van der Waals surface area contributed by atoms with Crippen LogP contribution in [0.3, 0.4) is 0 Å². The smallest absolute Gasteiger partial charge is 0.191 e. The molecule has 0 heterocycles. The van der Waals surface area contributed by atoms with Crippen LogP contribution in [-0.4, -0.2) is 19.6 Å². The van der Waals surface area contributed by atoms with Crippen LogP contribution in [0.4, 0.5) is 4.39 Å². The molecular weight excluding hydrogens is 444 g/mol. The van der Waals surface area contributed by atoms with Crippen LogP contribution in [0, 0.1) is 12.7 Å². The number of nitrogens with one attached hydrogen (secondary N) is 2. The van der Waals surface area contributed by atoms with Crippen molar-refractivity contribution in [3.05, 3.63) is 70.5 Å². The second-order valence-corrected chi connectivity index (χ2v) is 5.88. The van der Waals surface area contributed by atoms with Crippen molar-refractivity contribution in [1.29, 1.82) is 0 Å². The summed E-state index contributed by atoms with van der Waals surface area (Å²) in [5.74, 6) is 0.520.